The molecule has 2 heterocycles. The van der Waals surface area contributed by atoms with E-state index in [1.54, 1.807) is 0 Å². The minimum absolute atomic E-state index is 0.639. The van der Waals surface area contributed by atoms with Gasteiger partial charge in [0.25, 0.3) is 0 Å². The summed E-state index contributed by atoms with van der Waals surface area (Å²) in [6.07, 6.45) is 3.18. The Morgan fingerprint density at radius 3 is 2.95 bits per heavy atom. The second kappa shape index (κ2) is 7.84. The minimum Gasteiger partial charge on any atom is -0.376 e. The highest BCUT2D eigenvalue weighted by molar-refractivity contribution is 7.99. The van der Waals surface area contributed by atoms with Gasteiger partial charge in [-0.15, -0.1) is 0 Å². The molecule has 1 aliphatic rings. The molecule has 1 N–H and O–H groups in total. The number of fused-ring (bicyclic) bond motifs is 1. The third-order valence-corrected chi connectivity index (χ3v) is 4.81. The number of rotatable bonds is 7. The second-order valence-corrected chi connectivity index (χ2v) is 6.60. The molecule has 1 aromatic heterocycles. The van der Waals surface area contributed by atoms with Gasteiger partial charge in [-0.1, -0.05) is 20.8 Å². The maximum absolute atomic E-state index is 5.55. The average molecular weight is 295 g/mol. The monoisotopic (exact) mass is 295 g/mol. The molecule has 112 valence electrons. The molecule has 1 unspecified atom stereocenters. The van der Waals surface area contributed by atoms with E-state index < -0.39 is 0 Å². The van der Waals surface area contributed by atoms with Gasteiger partial charge >= 0.3 is 0 Å². The highest BCUT2D eigenvalue weighted by Crippen LogP contribution is 2.25. The van der Waals surface area contributed by atoms with Crippen molar-refractivity contribution in [2.24, 2.45) is 0 Å². The van der Waals surface area contributed by atoms with E-state index in [-0.39, 0.29) is 0 Å². The fourth-order valence-corrected chi connectivity index (χ4v) is 2.87. The van der Waals surface area contributed by atoms with Gasteiger partial charge in [0, 0.05) is 23.8 Å². The van der Waals surface area contributed by atoms with E-state index in [0.717, 1.165) is 49.0 Å². The summed E-state index contributed by atoms with van der Waals surface area (Å²) in [6, 6.07) is 0. The summed E-state index contributed by atoms with van der Waals surface area (Å²) in [7, 11) is 0. The van der Waals surface area contributed by atoms with Crippen LogP contribution in [-0.4, -0.2) is 28.4 Å². The van der Waals surface area contributed by atoms with Crippen molar-refractivity contribution in [2.45, 2.75) is 57.6 Å². The summed E-state index contributed by atoms with van der Waals surface area (Å²) in [5.74, 6) is 2.83. The predicted molar refractivity (Wildman–Crippen MR) is 85.2 cm³/mol. The van der Waals surface area contributed by atoms with Gasteiger partial charge in [-0.25, -0.2) is 9.97 Å². The maximum atomic E-state index is 5.55. The Morgan fingerprint density at radius 1 is 1.35 bits per heavy atom. The van der Waals surface area contributed by atoms with Crippen LogP contribution in [0.4, 0.5) is 5.82 Å². The number of thioether (sulfide) groups is 1. The molecule has 0 radical (unpaired) electrons. The van der Waals surface area contributed by atoms with Crippen molar-refractivity contribution in [2.75, 3.05) is 18.5 Å². The largest absolute Gasteiger partial charge is 0.376 e. The lowest BCUT2D eigenvalue weighted by molar-refractivity contribution is 0.109. The van der Waals surface area contributed by atoms with E-state index in [1.165, 1.54) is 12.1 Å². The van der Waals surface area contributed by atoms with Crippen LogP contribution in [0.2, 0.25) is 0 Å². The molecule has 1 aliphatic heterocycles. The van der Waals surface area contributed by atoms with Crippen LogP contribution in [-0.2, 0) is 23.5 Å². The van der Waals surface area contributed by atoms with Crippen molar-refractivity contribution in [3.63, 3.8) is 0 Å². The quantitative estimate of drug-likeness (QED) is 0.835. The Kier molecular flexibility index (Phi) is 6.10. The molecule has 1 aromatic rings. The lowest BCUT2D eigenvalue weighted by atomic mass is 10.1. The Hall–Kier alpha value is -0.810. The van der Waals surface area contributed by atoms with Crippen LogP contribution in [0.1, 0.15) is 50.7 Å². The van der Waals surface area contributed by atoms with Crippen molar-refractivity contribution in [1.29, 1.82) is 0 Å². The zero-order chi connectivity index (χ0) is 14.4. The number of nitrogens with zero attached hydrogens (tertiary/aromatic N) is 2. The summed E-state index contributed by atoms with van der Waals surface area (Å²) < 4.78 is 5.55. The molecule has 0 spiro atoms. The number of nitrogens with one attached hydrogen (secondary N) is 1. The highest BCUT2D eigenvalue weighted by Gasteiger charge is 2.18. The van der Waals surface area contributed by atoms with Crippen LogP contribution >= 0.6 is 11.8 Å². The molecular weight excluding hydrogens is 270 g/mol. The summed E-state index contributed by atoms with van der Waals surface area (Å²) in [6.45, 7) is 9.00. The predicted octanol–water partition coefficient (Wildman–Crippen LogP) is 3.40. The van der Waals surface area contributed by atoms with Crippen LogP contribution in [0.3, 0.4) is 0 Å². The number of ether oxygens (including phenoxy) is 1. The summed E-state index contributed by atoms with van der Waals surface area (Å²) in [5.41, 5.74) is 2.33. The first-order valence-corrected chi connectivity index (χ1v) is 8.61. The normalized spacial score (nSPS) is 15.8. The van der Waals surface area contributed by atoms with E-state index in [9.17, 15) is 0 Å². The number of hydrogen-bond donors (Lipinski definition) is 1. The number of aromatic nitrogens is 2. The van der Waals surface area contributed by atoms with Crippen LogP contribution in [0.5, 0.6) is 0 Å². The Labute approximate surface area is 126 Å². The van der Waals surface area contributed by atoms with E-state index >= 15 is 0 Å². The third kappa shape index (κ3) is 4.09. The molecule has 0 bridgehead atoms. The van der Waals surface area contributed by atoms with Crippen molar-refractivity contribution in [1.82, 2.24) is 9.97 Å². The first-order valence-electron chi connectivity index (χ1n) is 7.56. The van der Waals surface area contributed by atoms with Crippen LogP contribution < -0.4 is 5.32 Å². The first-order chi connectivity index (χ1) is 9.74. The minimum atomic E-state index is 0.639. The van der Waals surface area contributed by atoms with Gasteiger partial charge in [-0.2, -0.15) is 11.8 Å². The lowest BCUT2D eigenvalue weighted by Gasteiger charge is -2.20. The first kappa shape index (κ1) is 15.6. The number of hydrogen-bond acceptors (Lipinski definition) is 5. The Balaban J connectivity index is 2.15. The zero-order valence-electron chi connectivity index (χ0n) is 12.7. The highest BCUT2D eigenvalue weighted by atomic mass is 32.2. The fraction of sp³-hybridized carbons (Fsp3) is 0.733. The molecule has 0 fully saturated rings. The van der Waals surface area contributed by atoms with Gasteiger partial charge in [0.2, 0.25) is 0 Å². The van der Waals surface area contributed by atoms with Gasteiger partial charge in [0.1, 0.15) is 11.6 Å². The van der Waals surface area contributed by atoms with Gasteiger partial charge < -0.3 is 10.1 Å². The molecule has 4 nitrogen and oxygen atoms in total. The average Bonchev–Trinajstić information content (AvgIpc) is 2.50. The van der Waals surface area contributed by atoms with Crippen molar-refractivity contribution >= 4 is 17.6 Å². The number of anilines is 1. The van der Waals surface area contributed by atoms with Gasteiger partial charge in [-0.3, -0.25) is 0 Å². The van der Waals surface area contributed by atoms with Crippen molar-refractivity contribution in [3.8, 4) is 0 Å². The molecule has 2 rings (SSSR count). The third-order valence-electron chi connectivity index (χ3n) is 3.48. The maximum Gasteiger partial charge on any atom is 0.140 e. The summed E-state index contributed by atoms with van der Waals surface area (Å²) >= 11 is 1.93. The topological polar surface area (TPSA) is 47.0 Å². The SMILES string of the molecule is CCCNc1nc(CSC(C)CC)nc2c1COCC2. The van der Waals surface area contributed by atoms with Gasteiger partial charge in [0.15, 0.2) is 0 Å². The lowest BCUT2D eigenvalue weighted by Crippen LogP contribution is -2.18. The van der Waals surface area contributed by atoms with E-state index in [2.05, 4.69) is 26.1 Å². The van der Waals surface area contributed by atoms with E-state index in [0.29, 0.717) is 11.9 Å². The second-order valence-electron chi connectivity index (χ2n) is 5.17. The molecule has 0 amide bonds. The molecule has 20 heavy (non-hydrogen) atoms. The molecule has 0 aromatic carbocycles. The molecule has 0 aliphatic carbocycles. The zero-order valence-corrected chi connectivity index (χ0v) is 13.6. The molecule has 0 saturated heterocycles. The smallest absolute Gasteiger partial charge is 0.140 e. The summed E-state index contributed by atoms with van der Waals surface area (Å²) in [4.78, 5) is 9.44. The Bertz CT molecular complexity index is 439. The molecular formula is C15H25N3OS. The van der Waals surface area contributed by atoms with Crippen molar-refractivity contribution < 1.29 is 4.74 Å². The van der Waals surface area contributed by atoms with Crippen molar-refractivity contribution in [3.05, 3.63) is 17.1 Å². The van der Waals surface area contributed by atoms with Gasteiger partial charge in [0.05, 0.1) is 24.7 Å². The molecule has 1 atom stereocenters. The fourth-order valence-electron chi connectivity index (χ4n) is 2.07. The Morgan fingerprint density at radius 2 is 2.20 bits per heavy atom. The molecule has 5 heteroatoms. The summed E-state index contributed by atoms with van der Waals surface area (Å²) in [5, 5.41) is 4.08. The molecule has 0 saturated carbocycles. The van der Waals surface area contributed by atoms with E-state index in [4.69, 9.17) is 14.7 Å². The standard InChI is InChI=1S/C15H25N3OS/c1-4-7-16-15-12-9-19-8-6-13(12)17-14(18-15)10-20-11(3)5-2/h11H,4-10H2,1-3H3,(H,16,17,18). The van der Waals surface area contributed by atoms with E-state index in [1.807, 2.05) is 11.8 Å². The van der Waals surface area contributed by atoms with Gasteiger partial charge in [-0.05, 0) is 12.8 Å². The van der Waals surface area contributed by atoms with Crippen LogP contribution in [0, 0.1) is 0 Å². The van der Waals surface area contributed by atoms with Crippen LogP contribution in [0.25, 0.3) is 0 Å². The van der Waals surface area contributed by atoms with Crippen LogP contribution in [0.15, 0.2) is 0 Å².